The minimum Gasteiger partial charge on any atom is -0.493 e. The number of nitrogens with one attached hydrogen (secondary N) is 1. The third-order valence-corrected chi connectivity index (χ3v) is 5.03. The molecular weight excluding hydrogens is 396 g/mol. The van der Waals surface area contributed by atoms with Gasteiger partial charge in [0.15, 0.2) is 12.4 Å². The molecule has 7 nitrogen and oxygen atoms in total. The second-order valence-corrected chi connectivity index (χ2v) is 7.27. The number of hydrogen-bond acceptors (Lipinski definition) is 5. The van der Waals surface area contributed by atoms with E-state index in [2.05, 4.69) is 5.32 Å². The first-order chi connectivity index (χ1) is 15.1. The summed E-state index contributed by atoms with van der Waals surface area (Å²) in [5, 5.41) is 2.78. The second-order valence-electron chi connectivity index (χ2n) is 7.27. The van der Waals surface area contributed by atoms with Gasteiger partial charge in [-0.05, 0) is 61.7 Å². The maximum absolute atomic E-state index is 12.5. The van der Waals surface area contributed by atoms with Crippen molar-refractivity contribution in [2.45, 2.75) is 19.8 Å². The second kappa shape index (κ2) is 9.38. The molecule has 2 amide bonds. The van der Waals surface area contributed by atoms with Crippen molar-refractivity contribution < 1.29 is 23.5 Å². The molecule has 0 bridgehead atoms. The number of carbonyl (C=O) groups is 2. The van der Waals surface area contributed by atoms with Crippen molar-refractivity contribution in [3.63, 3.8) is 0 Å². The Hall–Kier alpha value is -3.74. The molecule has 0 saturated heterocycles. The Morgan fingerprint density at radius 2 is 2.00 bits per heavy atom. The number of amides is 2. The highest BCUT2D eigenvalue weighted by molar-refractivity contribution is 6.03. The fraction of sp³-hybridized carbons (Fsp3) is 0.250. The van der Waals surface area contributed by atoms with E-state index in [4.69, 9.17) is 13.9 Å². The topological polar surface area (TPSA) is 81.0 Å². The Labute approximate surface area is 180 Å². The number of rotatable bonds is 8. The van der Waals surface area contributed by atoms with Gasteiger partial charge < -0.3 is 24.1 Å². The summed E-state index contributed by atoms with van der Waals surface area (Å²) in [7, 11) is 0. The molecule has 0 radical (unpaired) electrons. The summed E-state index contributed by atoms with van der Waals surface area (Å²) in [6.07, 6.45) is 3.03. The van der Waals surface area contributed by atoms with E-state index in [0.717, 1.165) is 24.2 Å². The van der Waals surface area contributed by atoms with Gasteiger partial charge in [0.1, 0.15) is 11.5 Å². The number of unbranched alkanes of at least 4 members (excludes halogenated alkanes) is 1. The first-order valence-electron chi connectivity index (χ1n) is 10.2. The summed E-state index contributed by atoms with van der Waals surface area (Å²) in [6, 6.07) is 16.4. The first-order valence-corrected chi connectivity index (χ1v) is 10.2. The van der Waals surface area contributed by atoms with Gasteiger partial charge in [-0.15, -0.1) is 0 Å². The Balaban J connectivity index is 1.37. The van der Waals surface area contributed by atoms with E-state index in [1.807, 2.05) is 31.2 Å². The smallest absolute Gasteiger partial charge is 0.291 e. The van der Waals surface area contributed by atoms with E-state index >= 15 is 0 Å². The monoisotopic (exact) mass is 420 g/mol. The van der Waals surface area contributed by atoms with E-state index in [9.17, 15) is 9.59 Å². The Bertz CT molecular complexity index is 1060. The molecule has 7 heteroatoms. The van der Waals surface area contributed by atoms with E-state index in [-0.39, 0.29) is 24.2 Å². The molecule has 1 aromatic heterocycles. The van der Waals surface area contributed by atoms with Crippen molar-refractivity contribution in [2.24, 2.45) is 0 Å². The number of hydrogen-bond donors (Lipinski definition) is 1. The van der Waals surface area contributed by atoms with Crippen LogP contribution in [0.5, 0.6) is 11.5 Å². The van der Waals surface area contributed by atoms with Crippen LogP contribution in [0.25, 0.3) is 0 Å². The average Bonchev–Trinajstić information content (AvgIpc) is 3.31. The number of fused-ring (bicyclic) bond motifs is 1. The third kappa shape index (κ3) is 4.88. The minimum absolute atomic E-state index is 0.00477. The summed E-state index contributed by atoms with van der Waals surface area (Å²) in [5.74, 6) is 1.25. The summed E-state index contributed by atoms with van der Waals surface area (Å²) in [4.78, 5) is 26.4. The van der Waals surface area contributed by atoms with Crippen LogP contribution in [0.1, 0.15) is 29.0 Å². The number of nitrogens with zero attached hydrogens (tertiary/aromatic N) is 1. The minimum atomic E-state index is -0.354. The van der Waals surface area contributed by atoms with Crippen molar-refractivity contribution in [1.82, 2.24) is 0 Å². The normalized spacial score (nSPS) is 12.8. The number of anilines is 2. The molecule has 0 spiro atoms. The predicted octanol–water partition coefficient (Wildman–Crippen LogP) is 4.42. The van der Waals surface area contributed by atoms with Gasteiger partial charge in [0, 0.05) is 12.2 Å². The van der Waals surface area contributed by atoms with Gasteiger partial charge in [-0.25, -0.2) is 0 Å². The summed E-state index contributed by atoms with van der Waals surface area (Å²) in [6.45, 7) is 3.14. The molecule has 0 atom stereocenters. The molecule has 4 rings (SSSR count). The first kappa shape index (κ1) is 20.5. The zero-order valence-electron chi connectivity index (χ0n) is 17.3. The van der Waals surface area contributed by atoms with Crippen LogP contribution in [0.15, 0.2) is 65.3 Å². The number of carbonyl (C=O) groups excluding carboxylic acids is 2. The van der Waals surface area contributed by atoms with Crippen LogP contribution in [0.2, 0.25) is 0 Å². The lowest BCUT2D eigenvalue weighted by Gasteiger charge is -2.30. The molecule has 1 N–H and O–H groups in total. The summed E-state index contributed by atoms with van der Waals surface area (Å²) in [5.41, 5.74) is 2.31. The molecule has 2 aromatic carbocycles. The average molecular weight is 420 g/mol. The number of ether oxygens (including phenoxy) is 2. The van der Waals surface area contributed by atoms with Crippen molar-refractivity contribution in [2.75, 3.05) is 30.0 Å². The van der Waals surface area contributed by atoms with Crippen molar-refractivity contribution >= 4 is 23.2 Å². The van der Waals surface area contributed by atoms with Crippen molar-refractivity contribution in [1.29, 1.82) is 0 Å². The lowest BCUT2D eigenvalue weighted by atomic mass is 10.2. The molecule has 0 aliphatic carbocycles. The molecule has 2 heterocycles. The quantitative estimate of drug-likeness (QED) is 0.546. The molecule has 160 valence electrons. The van der Waals surface area contributed by atoms with Crippen LogP contribution < -0.4 is 19.7 Å². The summed E-state index contributed by atoms with van der Waals surface area (Å²) >= 11 is 0. The molecule has 31 heavy (non-hydrogen) atoms. The molecule has 0 fully saturated rings. The number of para-hydroxylation sites is 1. The molecule has 1 aliphatic heterocycles. The molecular formula is C24H24N2O5. The maximum atomic E-state index is 12.5. The fourth-order valence-corrected chi connectivity index (χ4v) is 3.40. The van der Waals surface area contributed by atoms with Gasteiger partial charge in [0.05, 0.1) is 18.6 Å². The van der Waals surface area contributed by atoms with Crippen molar-refractivity contribution in [3.05, 3.63) is 72.2 Å². The van der Waals surface area contributed by atoms with Gasteiger partial charge in [-0.1, -0.05) is 18.2 Å². The Morgan fingerprint density at radius 1 is 1.13 bits per heavy atom. The van der Waals surface area contributed by atoms with E-state index < -0.39 is 0 Å². The van der Waals surface area contributed by atoms with Crippen LogP contribution >= 0.6 is 0 Å². The van der Waals surface area contributed by atoms with Crippen LogP contribution in [-0.2, 0) is 4.79 Å². The van der Waals surface area contributed by atoms with Gasteiger partial charge in [-0.3, -0.25) is 9.59 Å². The largest absolute Gasteiger partial charge is 0.493 e. The zero-order chi connectivity index (χ0) is 21.6. The molecule has 3 aromatic rings. The van der Waals surface area contributed by atoms with Gasteiger partial charge in [-0.2, -0.15) is 0 Å². The highest BCUT2D eigenvalue weighted by Crippen LogP contribution is 2.35. The Morgan fingerprint density at radius 3 is 2.81 bits per heavy atom. The highest BCUT2D eigenvalue weighted by Gasteiger charge is 2.25. The van der Waals surface area contributed by atoms with Gasteiger partial charge in [0.25, 0.3) is 11.8 Å². The molecule has 0 saturated carbocycles. The lowest BCUT2D eigenvalue weighted by molar-refractivity contribution is -0.121. The fourth-order valence-electron chi connectivity index (χ4n) is 3.40. The zero-order valence-corrected chi connectivity index (χ0v) is 17.3. The predicted molar refractivity (Wildman–Crippen MR) is 117 cm³/mol. The van der Waals surface area contributed by atoms with E-state index in [0.29, 0.717) is 30.3 Å². The van der Waals surface area contributed by atoms with Gasteiger partial charge >= 0.3 is 0 Å². The van der Waals surface area contributed by atoms with Crippen molar-refractivity contribution in [3.8, 4) is 11.5 Å². The van der Waals surface area contributed by atoms with E-state index in [1.165, 1.54) is 6.26 Å². The molecule has 1 aliphatic rings. The van der Waals surface area contributed by atoms with Crippen LogP contribution in [-0.4, -0.2) is 31.6 Å². The van der Waals surface area contributed by atoms with Crippen LogP contribution in [0, 0.1) is 6.92 Å². The van der Waals surface area contributed by atoms with Crippen LogP contribution in [0.4, 0.5) is 11.4 Å². The molecule has 0 unspecified atom stereocenters. The van der Waals surface area contributed by atoms with E-state index in [1.54, 1.807) is 35.2 Å². The number of aryl methyl sites for hydroxylation is 1. The highest BCUT2D eigenvalue weighted by atomic mass is 16.5. The van der Waals surface area contributed by atoms with Gasteiger partial charge in [0.2, 0.25) is 0 Å². The van der Waals surface area contributed by atoms with Crippen LogP contribution in [0.3, 0.4) is 0 Å². The number of benzene rings is 2. The Kier molecular flexibility index (Phi) is 6.21. The standard InChI is InChI=1S/C24H24N2O5/c1-17-7-2-3-8-20(17)29-13-5-4-12-26-19-15-18(10-11-21(19)31-16-23(26)27)25-24(28)22-9-6-14-30-22/h2-3,6-11,14-15H,4-5,12-13,16H2,1H3,(H,25,28). The number of furan rings is 1. The summed E-state index contributed by atoms with van der Waals surface area (Å²) < 4.78 is 16.5. The maximum Gasteiger partial charge on any atom is 0.291 e. The lowest BCUT2D eigenvalue weighted by Crippen LogP contribution is -2.39. The third-order valence-electron chi connectivity index (χ3n) is 5.03. The SMILES string of the molecule is Cc1ccccc1OCCCCN1C(=O)COc2ccc(NC(=O)c3ccco3)cc21.